The SMILES string of the molecule is CC(C)c1c(C(=O)Nc2ccc(F)cc2F)cnn1-c1cccc(Cl)c1. The van der Waals surface area contributed by atoms with E-state index in [4.69, 9.17) is 11.6 Å². The Morgan fingerprint density at radius 2 is 1.96 bits per heavy atom. The normalized spacial score (nSPS) is 11.0. The lowest BCUT2D eigenvalue weighted by atomic mass is 10.0. The number of benzene rings is 2. The average molecular weight is 376 g/mol. The smallest absolute Gasteiger partial charge is 0.259 e. The van der Waals surface area contributed by atoms with Crippen molar-refractivity contribution in [3.8, 4) is 5.69 Å². The number of carbonyl (C=O) groups excluding carboxylic acids is 1. The molecule has 0 aliphatic rings. The van der Waals surface area contributed by atoms with E-state index in [2.05, 4.69) is 10.4 Å². The lowest BCUT2D eigenvalue weighted by molar-refractivity contribution is 0.102. The van der Waals surface area contributed by atoms with Crippen molar-refractivity contribution in [2.24, 2.45) is 0 Å². The van der Waals surface area contributed by atoms with Crippen LogP contribution in [0.3, 0.4) is 0 Å². The highest BCUT2D eigenvalue weighted by Crippen LogP contribution is 2.25. The van der Waals surface area contributed by atoms with E-state index in [1.54, 1.807) is 22.9 Å². The van der Waals surface area contributed by atoms with E-state index in [1.807, 2.05) is 19.9 Å². The summed E-state index contributed by atoms with van der Waals surface area (Å²) in [6.07, 6.45) is 1.42. The van der Waals surface area contributed by atoms with E-state index < -0.39 is 17.5 Å². The molecular weight excluding hydrogens is 360 g/mol. The van der Waals surface area contributed by atoms with Crippen LogP contribution in [0.5, 0.6) is 0 Å². The highest BCUT2D eigenvalue weighted by Gasteiger charge is 2.22. The molecule has 4 nitrogen and oxygen atoms in total. The molecule has 3 rings (SSSR count). The molecule has 2 aromatic carbocycles. The molecule has 134 valence electrons. The zero-order chi connectivity index (χ0) is 18.8. The van der Waals surface area contributed by atoms with Gasteiger partial charge in [0.05, 0.1) is 28.8 Å². The molecule has 1 N–H and O–H groups in total. The van der Waals surface area contributed by atoms with Gasteiger partial charge in [-0.1, -0.05) is 31.5 Å². The second-order valence-electron chi connectivity index (χ2n) is 6.07. The minimum absolute atomic E-state index is 0.0321. The molecule has 0 unspecified atom stereocenters. The van der Waals surface area contributed by atoms with Crippen LogP contribution < -0.4 is 5.32 Å². The van der Waals surface area contributed by atoms with E-state index in [0.717, 1.165) is 6.07 Å². The maximum absolute atomic E-state index is 13.8. The maximum Gasteiger partial charge on any atom is 0.259 e. The van der Waals surface area contributed by atoms with Gasteiger partial charge in [-0.05, 0) is 36.2 Å². The number of hydrogen-bond acceptors (Lipinski definition) is 2. The van der Waals surface area contributed by atoms with E-state index in [1.165, 1.54) is 12.3 Å². The first-order valence-corrected chi connectivity index (χ1v) is 8.35. The van der Waals surface area contributed by atoms with Crippen molar-refractivity contribution in [2.75, 3.05) is 5.32 Å². The van der Waals surface area contributed by atoms with E-state index in [-0.39, 0.29) is 11.6 Å². The van der Waals surface area contributed by atoms with E-state index >= 15 is 0 Å². The number of hydrogen-bond donors (Lipinski definition) is 1. The lowest BCUT2D eigenvalue weighted by Gasteiger charge is -2.13. The number of nitrogens with zero attached hydrogens (tertiary/aromatic N) is 2. The van der Waals surface area contributed by atoms with Crippen molar-refractivity contribution >= 4 is 23.2 Å². The standard InChI is InChI=1S/C19H16ClF2N3O/c1-11(2)18-15(10-23-25(18)14-5-3-4-12(20)8-14)19(26)24-17-7-6-13(21)9-16(17)22/h3-11H,1-2H3,(H,24,26). The molecule has 0 saturated carbocycles. The fraction of sp³-hybridized carbons (Fsp3) is 0.158. The van der Waals surface area contributed by atoms with Crippen LogP contribution >= 0.6 is 11.6 Å². The predicted octanol–water partition coefficient (Wildman–Crippen LogP) is 5.18. The summed E-state index contributed by atoms with van der Waals surface area (Å²) in [5.41, 5.74) is 1.59. The summed E-state index contributed by atoms with van der Waals surface area (Å²) < 4.78 is 28.5. The summed E-state index contributed by atoms with van der Waals surface area (Å²) >= 11 is 6.04. The van der Waals surface area contributed by atoms with Gasteiger partial charge in [-0.2, -0.15) is 5.10 Å². The van der Waals surface area contributed by atoms with Crippen LogP contribution in [0.1, 0.15) is 35.8 Å². The Kier molecular flexibility index (Phi) is 5.04. The number of carbonyl (C=O) groups is 1. The molecule has 3 aromatic rings. The molecule has 0 spiro atoms. The van der Waals surface area contributed by atoms with Gasteiger partial charge in [-0.25, -0.2) is 13.5 Å². The van der Waals surface area contributed by atoms with Gasteiger partial charge >= 0.3 is 0 Å². The summed E-state index contributed by atoms with van der Waals surface area (Å²) in [5.74, 6) is -2.10. The van der Waals surface area contributed by atoms with Crippen LogP contribution in [0.15, 0.2) is 48.7 Å². The van der Waals surface area contributed by atoms with Gasteiger partial charge in [-0.3, -0.25) is 4.79 Å². The van der Waals surface area contributed by atoms with Gasteiger partial charge in [0.25, 0.3) is 5.91 Å². The first-order chi connectivity index (χ1) is 12.4. The lowest BCUT2D eigenvalue weighted by Crippen LogP contribution is -2.16. The van der Waals surface area contributed by atoms with Crippen molar-refractivity contribution in [1.82, 2.24) is 9.78 Å². The van der Waals surface area contributed by atoms with Crippen LogP contribution in [0, 0.1) is 11.6 Å². The summed E-state index contributed by atoms with van der Waals surface area (Å²) in [5, 5.41) is 7.30. The first-order valence-electron chi connectivity index (χ1n) is 7.97. The van der Waals surface area contributed by atoms with Crippen molar-refractivity contribution < 1.29 is 13.6 Å². The summed E-state index contributed by atoms with van der Waals surface area (Å²) in [6.45, 7) is 3.85. The van der Waals surface area contributed by atoms with E-state index in [0.29, 0.717) is 28.0 Å². The average Bonchev–Trinajstić information content (AvgIpc) is 3.03. The van der Waals surface area contributed by atoms with Gasteiger partial charge in [-0.15, -0.1) is 0 Å². The Morgan fingerprint density at radius 1 is 1.19 bits per heavy atom. The molecule has 0 bridgehead atoms. The number of amides is 1. The third kappa shape index (κ3) is 3.60. The van der Waals surface area contributed by atoms with Gasteiger partial charge in [0.2, 0.25) is 0 Å². The van der Waals surface area contributed by atoms with Gasteiger partial charge in [0.1, 0.15) is 11.6 Å². The molecule has 0 atom stereocenters. The minimum Gasteiger partial charge on any atom is -0.319 e. The second kappa shape index (κ2) is 7.25. The molecule has 0 radical (unpaired) electrons. The molecule has 0 fully saturated rings. The highest BCUT2D eigenvalue weighted by molar-refractivity contribution is 6.30. The van der Waals surface area contributed by atoms with Crippen LogP contribution in [-0.4, -0.2) is 15.7 Å². The molecule has 0 saturated heterocycles. The summed E-state index contributed by atoms with van der Waals surface area (Å²) in [4.78, 5) is 12.6. The monoisotopic (exact) mass is 375 g/mol. The second-order valence-corrected chi connectivity index (χ2v) is 6.50. The van der Waals surface area contributed by atoms with Crippen molar-refractivity contribution in [1.29, 1.82) is 0 Å². The topological polar surface area (TPSA) is 46.9 Å². The van der Waals surface area contributed by atoms with Crippen LogP contribution in [-0.2, 0) is 0 Å². The molecule has 1 amide bonds. The third-order valence-corrected chi connectivity index (χ3v) is 4.07. The predicted molar refractivity (Wildman–Crippen MR) is 97.0 cm³/mol. The van der Waals surface area contributed by atoms with Crippen LogP contribution in [0.4, 0.5) is 14.5 Å². The third-order valence-electron chi connectivity index (χ3n) is 3.83. The fourth-order valence-corrected chi connectivity index (χ4v) is 2.87. The van der Waals surface area contributed by atoms with Crippen LogP contribution in [0.2, 0.25) is 5.02 Å². The number of aromatic nitrogens is 2. The fourth-order valence-electron chi connectivity index (χ4n) is 2.68. The maximum atomic E-state index is 13.8. The van der Waals surface area contributed by atoms with Crippen molar-refractivity contribution in [3.63, 3.8) is 0 Å². The Morgan fingerprint density at radius 3 is 2.62 bits per heavy atom. The quantitative estimate of drug-likeness (QED) is 0.683. The molecule has 26 heavy (non-hydrogen) atoms. The zero-order valence-corrected chi connectivity index (χ0v) is 14.9. The van der Waals surface area contributed by atoms with Gasteiger partial charge in [0.15, 0.2) is 0 Å². The van der Waals surface area contributed by atoms with Gasteiger partial charge < -0.3 is 5.32 Å². The molecule has 0 aliphatic carbocycles. The zero-order valence-electron chi connectivity index (χ0n) is 14.1. The molecular formula is C19H16ClF2N3O. The molecule has 1 aromatic heterocycles. The minimum atomic E-state index is -0.841. The number of nitrogens with one attached hydrogen (secondary N) is 1. The molecule has 7 heteroatoms. The number of halogens is 3. The van der Waals surface area contributed by atoms with Crippen molar-refractivity contribution in [2.45, 2.75) is 19.8 Å². The summed E-state index contributed by atoms with van der Waals surface area (Å²) in [6, 6.07) is 10.1. The van der Waals surface area contributed by atoms with Crippen LogP contribution in [0.25, 0.3) is 5.69 Å². The molecule has 0 aliphatic heterocycles. The first kappa shape index (κ1) is 18.1. The highest BCUT2D eigenvalue weighted by atomic mass is 35.5. The number of rotatable bonds is 4. The number of anilines is 1. The Hall–Kier alpha value is -2.73. The van der Waals surface area contributed by atoms with E-state index in [9.17, 15) is 13.6 Å². The largest absolute Gasteiger partial charge is 0.319 e. The van der Waals surface area contributed by atoms with Crippen molar-refractivity contribution in [3.05, 3.63) is 76.6 Å². The Bertz CT molecular complexity index is 969. The summed E-state index contributed by atoms with van der Waals surface area (Å²) in [7, 11) is 0. The Balaban J connectivity index is 1.98. The Labute approximate surface area is 154 Å². The van der Waals surface area contributed by atoms with Gasteiger partial charge in [0, 0.05) is 11.1 Å². The molecule has 1 heterocycles.